The number of rotatable bonds is 3. The summed E-state index contributed by atoms with van der Waals surface area (Å²) in [4.78, 5) is 16.0. The van der Waals surface area contributed by atoms with Gasteiger partial charge >= 0.3 is 0 Å². The summed E-state index contributed by atoms with van der Waals surface area (Å²) < 4.78 is 0. The van der Waals surface area contributed by atoms with Gasteiger partial charge in [0.1, 0.15) is 5.84 Å². The van der Waals surface area contributed by atoms with Crippen molar-refractivity contribution in [2.75, 3.05) is 11.9 Å². The molecule has 0 aliphatic carbocycles. The molecule has 1 amide bonds. The van der Waals surface area contributed by atoms with Gasteiger partial charge < -0.3 is 16.4 Å². The summed E-state index contributed by atoms with van der Waals surface area (Å²) in [5, 5.41) is 6.75. The molecule has 2 atom stereocenters. The number of nitrogens with one attached hydrogen (secondary N) is 2. The Morgan fingerprint density at radius 2 is 2.26 bits per heavy atom. The molecule has 1 fully saturated rings. The predicted molar refractivity (Wildman–Crippen MR) is 75.1 cm³/mol. The Morgan fingerprint density at radius 1 is 1.42 bits per heavy atom. The Labute approximate surface area is 112 Å². The lowest BCUT2D eigenvalue weighted by Gasteiger charge is -2.24. The lowest BCUT2D eigenvalue weighted by Crippen LogP contribution is -2.32. The third kappa shape index (κ3) is 2.46. The SMILES string of the molecule is NC(=O)C1N=C(C[C@@H]2CCCN2)Nc2ccccc21. The Hall–Kier alpha value is -1.88. The summed E-state index contributed by atoms with van der Waals surface area (Å²) in [5.41, 5.74) is 7.26. The number of amidine groups is 1. The van der Waals surface area contributed by atoms with Crippen molar-refractivity contribution in [3.05, 3.63) is 29.8 Å². The molecule has 0 spiro atoms. The first-order chi connectivity index (χ1) is 9.24. The van der Waals surface area contributed by atoms with Gasteiger partial charge in [0.2, 0.25) is 5.91 Å². The largest absolute Gasteiger partial charge is 0.368 e. The fourth-order valence-electron chi connectivity index (χ4n) is 2.75. The predicted octanol–water partition coefficient (Wildman–Crippen LogP) is 1.18. The number of anilines is 1. The van der Waals surface area contributed by atoms with Gasteiger partial charge in [-0.25, -0.2) is 0 Å². The number of aliphatic imine (C=N–C) groups is 1. The average molecular weight is 258 g/mol. The van der Waals surface area contributed by atoms with E-state index in [1.165, 1.54) is 6.42 Å². The van der Waals surface area contributed by atoms with Gasteiger partial charge in [-0.1, -0.05) is 18.2 Å². The third-order valence-electron chi connectivity index (χ3n) is 3.69. The van der Waals surface area contributed by atoms with Crippen LogP contribution < -0.4 is 16.4 Å². The molecule has 5 nitrogen and oxygen atoms in total. The molecule has 1 aromatic rings. The van der Waals surface area contributed by atoms with E-state index in [9.17, 15) is 4.79 Å². The van der Waals surface area contributed by atoms with Gasteiger partial charge in [-0.15, -0.1) is 0 Å². The van der Waals surface area contributed by atoms with E-state index in [2.05, 4.69) is 15.6 Å². The second-order valence-corrected chi connectivity index (χ2v) is 5.09. The minimum absolute atomic E-state index is 0.397. The zero-order chi connectivity index (χ0) is 13.2. The molecule has 3 rings (SSSR count). The van der Waals surface area contributed by atoms with Crippen molar-refractivity contribution >= 4 is 17.4 Å². The van der Waals surface area contributed by atoms with Crippen molar-refractivity contribution in [3.8, 4) is 0 Å². The highest BCUT2D eigenvalue weighted by atomic mass is 16.1. The number of hydrogen-bond donors (Lipinski definition) is 3. The first kappa shape index (κ1) is 12.2. The van der Waals surface area contributed by atoms with Crippen LogP contribution in [0, 0.1) is 0 Å². The number of benzene rings is 1. The van der Waals surface area contributed by atoms with E-state index in [1.807, 2.05) is 24.3 Å². The average Bonchev–Trinajstić information content (AvgIpc) is 2.90. The molecule has 19 heavy (non-hydrogen) atoms. The fourth-order valence-corrected chi connectivity index (χ4v) is 2.75. The minimum Gasteiger partial charge on any atom is -0.368 e. The molecule has 5 heteroatoms. The van der Waals surface area contributed by atoms with E-state index in [0.717, 1.165) is 36.5 Å². The first-order valence-electron chi connectivity index (χ1n) is 6.69. The second kappa shape index (κ2) is 5.01. The van der Waals surface area contributed by atoms with Crippen molar-refractivity contribution in [2.24, 2.45) is 10.7 Å². The summed E-state index contributed by atoms with van der Waals surface area (Å²) in [6.07, 6.45) is 3.18. The number of hydrogen-bond acceptors (Lipinski definition) is 4. The van der Waals surface area contributed by atoms with Crippen LogP contribution in [0.3, 0.4) is 0 Å². The molecule has 0 aromatic heterocycles. The summed E-state index contributed by atoms with van der Waals surface area (Å²) in [6, 6.07) is 7.59. The van der Waals surface area contributed by atoms with E-state index in [-0.39, 0.29) is 0 Å². The van der Waals surface area contributed by atoms with E-state index in [4.69, 9.17) is 5.73 Å². The van der Waals surface area contributed by atoms with Crippen molar-refractivity contribution in [3.63, 3.8) is 0 Å². The van der Waals surface area contributed by atoms with E-state index in [1.54, 1.807) is 0 Å². The van der Waals surface area contributed by atoms with Crippen LogP contribution in [0.2, 0.25) is 0 Å². The van der Waals surface area contributed by atoms with Crippen LogP contribution in [-0.2, 0) is 4.79 Å². The zero-order valence-corrected chi connectivity index (χ0v) is 10.7. The highest BCUT2D eigenvalue weighted by Crippen LogP contribution is 2.30. The van der Waals surface area contributed by atoms with E-state index in [0.29, 0.717) is 6.04 Å². The van der Waals surface area contributed by atoms with Crippen molar-refractivity contribution < 1.29 is 4.79 Å². The number of amides is 1. The van der Waals surface area contributed by atoms with Gasteiger partial charge in [-0.3, -0.25) is 9.79 Å². The maximum absolute atomic E-state index is 11.6. The molecule has 2 aliphatic rings. The summed E-state index contributed by atoms with van der Waals surface area (Å²) in [7, 11) is 0. The summed E-state index contributed by atoms with van der Waals surface area (Å²) in [5.74, 6) is 0.452. The second-order valence-electron chi connectivity index (χ2n) is 5.09. The lowest BCUT2D eigenvalue weighted by molar-refractivity contribution is -0.119. The first-order valence-corrected chi connectivity index (χ1v) is 6.69. The van der Waals surface area contributed by atoms with Gasteiger partial charge in [0.05, 0.1) is 0 Å². The summed E-state index contributed by atoms with van der Waals surface area (Å²) >= 11 is 0. The third-order valence-corrected chi connectivity index (χ3v) is 3.69. The van der Waals surface area contributed by atoms with Crippen molar-refractivity contribution in [2.45, 2.75) is 31.3 Å². The number of primary amides is 1. The highest BCUT2D eigenvalue weighted by molar-refractivity contribution is 6.01. The molecule has 1 aromatic carbocycles. The van der Waals surface area contributed by atoms with Crippen LogP contribution in [0.5, 0.6) is 0 Å². The van der Waals surface area contributed by atoms with Crippen LogP contribution in [-0.4, -0.2) is 24.3 Å². The van der Waals surface area contributed by atoms with E-state index < -0.39 is 11.9 Å². The van der Waals surface area contributed by atoms with E-state index >= 15 is 0 Å². The van der Waals surface area contributed by atoms with Gasteiger partial charge in [0.15, 0.2) is 6.04 Å². The quantitative estimate of drug-likeness (QED) is 0.761. The molecule has 1 unspecified atom stereocenters. The molecule has 4 N–H and O–H groups in total. The molecule has 2 aliphatic heterocycles. The Morgan fingerprint density at radius 3 is 3.00 bits per heavy atom. The fraction of sp³-hybridized carbons (Fsp3) is 0.429. The van der Waals surface area contributed by atoms with Crippen LogP contribution in [0.15, 0.2) is 29.3 Å². The zero-order valence-electron chi connectivity index (χ0n) is 10.7. The number of nitrogens with two attached hydrogens (primary N) is 1. The van der Waals surface area contributed by atoms with Gasteiger partial charge in [0.25, 0.3) is 0 Å². The monoisotopic (exact) mass is 258 g/mol. The Bertz CT molecular complexity index is 520. The Kier molecular flexibility index (Phi) is 3.21. The molecular weight excluding hydrogens is 240 g/mol. The maximum atomic E-state index is 11.6. The normalized spacial score (nSPS) is 25.4. The smallest absolute Gasteiger partial charge is 0.246 e. The van der Waals surface area contributed by atoms with Crippen molar-refractivity contribution in [1.82, 2.24) is 5.32 Å². The van der Waals surface area contributed by atoms with Crippen LogP contribution >= 0.6 is 0 Å². The lowest BCUT2D eigenvalue weighted by atomic mass is 10.0. The number of carbonyl (C=O) groups excluding carboxylic acids is 1. The van der Waals surface area contributed by atoms with Gasteiger partial charge in [-0.2, -0.15) is 0 Å². The summed E-state index contributed by atoms with van der Waals surface area (Å²) in [6.45, 7) is 1.06. The molecule has 0 radical (unpaired) electrons. The molecule has 0 bridgehead atoms. The number of fused-ring (bicyclic) bond motifs is 1. The molecule has 2 heterocycles. The topological polar surface area (TPSA) is 79.5 Å². The molecule has 1 saturated heterocycles. The molecule has 0 saturated carbocycles. The maximum Gasteiger partial charge on any atom is 0.246 e. The van der Waals surface area contributed by atoms with Crippen LogP contribution in [0.4, 0.5) is 5.69 Å². The number of para-hydroxylation sites is 1. The highest BCUT2D eigenvalue weighted by Gasteiger charge is 2.26. The number of carbonyl (C=O) groups is 1. The van der Waals surface area contributed by atoms with Crippen molar-refractivity contribution in [1.29, 1.82) is 0 Å². The standard InChI is InChI=1S/C14H18N4O/c15-14(19)13-10-5-1-2-6-11(10)17-12(18-13)8-9-4-3-7-16-9/h1-2,5-6,9,13,16H,3-4,7-8H2,(H2,15,19)(H,17,18)/t9-,13?/m0/s1. The number of nitrogens with zero attached hydrogens (tertiary/aromatic N) is 1. The van der Waals surface area contributed by atoms with Gasteiger partial charge in [-0.05, 0) is 25.5 Å². The molecule has 100 valence electrons. The minimum atomic E-state index is -0.561. The molecular formula is C14H18N4O. The van der Waals surface area contributed by atoms with Gasteiger partial charge in [0, 0.05) is 23.7 Å². The van der Waals surface area contributed by atoms with Crippen LogP contribution in [0.25, 0.3) is 0 Å². The van der Waals surface area contributed by atoms with Crippen LogP contribution in [0.1, 0.15) is 30.9 Å². The Balaban J connectivity index is 1.85.